The molecule has 0 aliphatic rings. The number of nitrogens with zero attached hydrogens (tertiary/aromatic N) is 4. The molecule has 0 spiro atoms. The van der Waals surface area contributed by atoms with Gasteiger partial charge >= 0.3 is 0 Å². The zero-order chi connectivity index (χ0) is 26.5. The van der Waals surface area contributed by atoms with Crippen LogP contribution in [0.25, 0.3) is 10.8 Å². The van der Waals surface area contributed by atoms with Crippen LogP contribution in [0.2, 0.25) is 0 Å². The molecule has 186 valence electrons. The maximum Gasteiger partial charge on any atom is 0.255 e. The summed E-state index contributed by atoms with van der Waals surface area (Å²) in [5, 5.41) is 32.4. The lowest BCUT2D eigenvalue weighted by Crippen LogP contribution is -2.11. The van der Waals surface area contributed by atoms with Crippen LogP contribution in [-0.2, 0) is 0 Å². The number of benzene rings is 5. The molecular formula is C31H25N5O2. The molecule has 0 bridgehead atoms. The summed E-state index contributed by atoms with van der Waals surface area (Å²) < 4.78 is 0. The quantitative estimate of drug-likeness (QED) is 0.228. The molecule has 0 aromatic heterocycles. The number of rotatable bonds is 6. The van der Waals surface area contributed by atoms with Gasteiger partial charge in [0.1, 0.15) is 5.69 Å². The highest BCUT2D eigenvalue weighted by atomic mass is 16.3. The van der Waals surface area contributed by atoms with Gasteiger partial charge in [-0.05, 0) is 97.6 Å². The van der Waals surface area contributed by atoms with Crippen molar-refractivity contribution >= 4 is 45.1 Å². The fraction of sp³-hybridized carbons (Fsp3) is 0.0645. The number of hydrogen-bond acceptors (Lipinski definition) is 6. The van der Waals surface area contributed by atoms with Crippen molar-refractivity contribution < 1.29 is 9.90 Å². The lowest BCUT2D eigenvalue weighted by atomic mass is 10.0. The molecule has 38 heavy (non-hydrogen) atoms. The number of carbonyl (C=O) groups excluding carboxylic acids is 1. The van der Waals surface area contributed by atoms with Crippen LogP contribution in [0.5, 0.6) is 5.75 Å². The van der Waals surface area contributed by atoms with Crippen molar-refractivity contribution in [3.05, 3.63) is 120 Å². The Morgan fingerprint density at radius 2 is 1.26 bits per heavy atom. The molecule has 0 aliphatic heterocycles. The monoisotopic (exact) mass is 499 g/mol. The Labute approximate surface area is 220 Å². The lowest BCUT2D eigenvalue weighted by Gasteiger charge is -2.10. The Morgan fingerprint density at radius 3 is 1.89 bits per heavy atom. The minimum atomic E-state index is -0.195. The number of azo groups is 2. The Hall–Kier alpha value is -5.17. The summed E-state index contributed by atoms with van der Waals surface area (Å²) in [5.74, 6) is -0.160. The van der Waals surface area contributed by atoms with Crippen molar-refractivity contribution in [3.8, 4) is 5.75 Å². The molecule has 0 saturated carbocycles. The van der Waals surface area contributed by atoms with Crippen LogP contribution in [0.4, 0.5) is 28.4 Å². The van der Waals surface area contributed by atoms with Crippen molar-refractivity contribution in [3.63, 3.8) is 0 Å². The lowest BCUT2D eigenvalue weighted by molar-refractivity contribution is 0.102. The molecule has 5 rings (SSSR count). The summed E-state index contributed by atoms with van der Waals surface area (Å²) in [4.78, 5) is 12.5. The standard InChI is InChI=1S/C31H25N5O2/c1-20-8-10-24(11-9-20)33-34-25-12-14-26(15-13-25)35-36-29-21(2)18-23-19-27(16-17-28(23)30(29)37)32-31(38)22-6-4-3-5-7-22/h3-19,37H,1-2H3,(H,32,38). The van der Waals surface area contributed by atoms with E-state index in [1.165, 1.54) is 5.56 Å². The van der Waals surface area contributed by atoms with Gasteiger partial charge in [0.15, 0.2) is 5.75 Å². The molecule has 0 aliphatic carbocycles. The summed E-state index contributed by atoms with van der Waals surface area (Å²) in [6.45, 7) is 3.88. The SMILES string of the molecule is Cc1ccc(N=Nc2ccc(N=Nc3c(C)cc4cc(NC(=O)c5ccccc5)ccc4c3O)cc2)cc1. The van der Waals surface area contributed by atoms with Crippen LogP contribution >= 0.6 is 0 Å². The topological polar surface area (TPSA) is 98.8 Å². The van der Waals surface area contributed by atoms with E-state index in [4.69, 9.17) is 0 Å². The maximum absolute atomic E-state index is 12.5. The van der Waals surface area contributed by atoms with Crippen LogP contribution in [0.3, 0.4) is 0 Å². The predicted octanol–water partition coefficient (Wildman–Crippen LogP) is 9.25. The molecule has 5 aromatic rings. The first-order valence-corrected chi connectivity index (χ1v) is 12.1. The van der Waals surface area contributed by atoms with E-state index in [9.17, 15) is 9.90 Å². The molecule has 0 saturated heterocycles. The highest BCUT2D eigenvalue weighted by molar-refractivity contribution is 6.05. The van der Waals surface area contributed by atoms with Crippen LogP contribution in [-0.4, -0.2) is 11.0 Å². The maximum atomic E-state index is 12.5. The number of phenolic OH excluding ortho intramolecular Hbond substituents is 1. The van der Waals surface area contributed by atoms with Gasteiger partial charge in [-0.15, -0.1) is 5.11 Å². The second-order valence-electron chi connectivity index (χ2n) is 8.90. The first-order chi connectivity index (χ1) is 18.5. The number of nitrogens with one attached hydrogen (secondary N) is 1. The van der Waals surface area contributed by atoms with Crippen molar-refractivity contribution in [1.29, 1.82) is 0 Å². The molecule has 0 fully saturated rings. The van der Waals surface area contributed by atoms with Crippen molar-refractivity contribution in [2.75, 3.05) is 5.32 Å². The Balaban J connectivity index is 1.32. The van der Waals surface area contributed by atoms with E-state index in [0.29, 0.717) is 33.7 Å². The van der Waals surface area contributed by atoms with Gasteiger partial charge in [0.25, 0.3) is 5.91 Å². The van der Waals surface area contributed by atoms with Crippen LogP contribution < -0.4 is 5.32 Å². The van der Waals surface area contributed by atoms with Gasteiger partial charge in [-0.25, -0.2) is 0 Å². The first kappa shape index (κ1) is 24.5. The van der Waals surface area contributed by atoms with Crippen LogP contribution in [0, 0.1) is 13.8 Å². The summed E-state index contributed by atoms with van der Waals surface area (Å²) in [7, 11) is 0. The largest absolute Gasteiger partial charge is 0.505 e. The van der Waals surface area contributed by atoms with Gasteiger partial charge in [-0.2, -0.15) is 15.3 Å². The van der Waals surface area contributed by atoms with Crippen molar-refractivity contribution in [1.82, 2.24) is 0 Å². The van der Waals surface area contributed by atoms with Gasteiger partial charge in [0, 0.05) is 16.6 Å². The van der Waals surface area contributed by atoms with Gasteiger partial charge in [0.2, 0.25) is 0 Å². The van der Waals surface area contributed by atoms with Crippen LogP contribution in [0.1, 0.15) is 21.5 Å². The van der Waals surface area contributed by atoms with Crippen molar-refractivity contribution in [2.45, 2.75) is 13.8 Å². The van der Waals surface area contributed by atoms with E-state index < -0.39 is 0 Å². The van der Waals surface area contributed by atoms with E-state index in [0.717, 1.165) is 16.6 Å². The fourth-order valence-corrected chi connectivity index (χ4v) is 3.93. The van der Waals surface area contributed by atoms with E-state index >= 15 is 0 Å². The number of aromatic hydroxyl groups is 1. The normalized spacial score (nSPS) is 11.4. The number of phenols is 1. The van der Waals surface area contributed by atoms with Gasteiger partial charge in [0.05, 0.1) is 17.1 Å². The van der Waals surface area contributed by atoms with Gasteiger partial charge < -0.3 is 10.4 Å². The number of anilines is 1. The molecule has 2 N–H and O–H groups in total. The highest BCUT2D eigenvalue weighted by Crippen LogP contribution is 2.39. The highest BCUT2D eigenvalue weighted by Gasteiger charge is 2.12. The number of aryl methyl sites for hydroxylation is 2. The number of amides is 1. The molecule has 0 atom stereocenters. The molecule has 0 unspecified atom stereocenters. The predicted molar refractivity (Wildman–Crippen MR) is 151 cm³/mol. The second-order valence-corrected chi connectivity index (χ2v) is 8.90. The smallest absolute Gasteiger partial charge is 0.255 e. The third-order valence-corrected chi connectivity index (χ3v) is 6.00. The Morgan fingerprint density at radius 1 is 0.684 bits per heavy atom. The molecule has 1 amide bonds. The second kappa shape index (κ2) is 10.8. The Bertz CT molecular complexity index is 1660. The molecule has 0 radical (unpaired) electrons. The fourth-order valence-electron chi connectivity index (χ4n) is 3.93. The third kappa shape index (κ3) is 5.63. The van der Waals surface area contributed by atoms with E-state index in [1.807, 2.05) is 80.6 Å². The van der Waals surface area contributed by atoms with Gasteiger partial charge in [-0.3, -0.25) is 4.79 Å². The van der Waals surface area contributed by atoms with Crippen molar-refractivity contribution in [2.24, 2.45) is 20.5 Å². The number of hydrogen-bond donors (Lipinski definition) is 2. The zero-order valence-corrected chi connectivity index (χ0v) is 21.0. The van der Waals surface area contributed by atoms with Gasteiger partial charge in [-0.1, -0.05) is 35.9 Å². The average Bonchev–Trinajstić information content (AvgIpc) is 2.93. The molecular weight excluding hydrogens is 474 g/mol. The summed E-state index contributed by atoms with van der Waals surface area (Å²) >= 11 is 0. The van der Waals surface area contributed by atoms with E-state index in [1.54, 1.807) is 36.4 Å². The molecule has 5 aromatic carbocycles. The molecule has 7 nitrogen and oxygen atoms in total. The number of fused-ring (bicyclic) bond motifs is 1. The van der Waals surface area contributed by atoms with E-state index in [2.05, 4.69) is 25.8 Å². The zero-order valence-electron chi connectivity index (χ0n) is 21.0. The summed E-state index contributed by atoms with van der Waals surface area (Å²) in [6.07, 6.45) is 0. The number of carbonyl (C=O) groups is 1. The first-order valence-electron chi connectivity index (χ1n) is 12.1. The Kier molecular flexibility index (Phi) is 6.99. The summed E-state index contributed by atoms with van der Waals surface area (Å²) in [5.41, 5.74) is 5.64. The third-order valence-electron chi connectivity index (χ3n) is 6.00. The van der Waals surface area contributed by atoms with Crippen LogP contribution in [0.15, 0.2) is 124 Å². The molecule has 0 heterocycles. The summed E-state index contributed by atoms with van der Waals surface area (Å²) in [6, 6.07) is 31.3. The van der Waals surface area contributed by atoms with E-state index in [-0.39, 0.29) is 11.7 Å². The minimum absolute atomic E-state index is 0.0354. The molecule has 7 heteroatoms. The average molecular weight is 500 g/mol. The minimum Gasteiger partial charge on any atom is -0.505 e.